The number of hydrogen-bond donors (Lipinski definition) is 1. The van der Waals surface area contributed by atoms with Gasteiger partial charge in [0.1, 0.15) is 0 Å². The van der Waals surface area contributed by atoms with Crippen molar-refractivity contribution in [2.24, 2.45) is 0 Å². The highest BCUT2D eigenvalue weighted by molar-refractivity contribution is 7.26. The summed E-state index contributed by atoms with van der Waals surface area (Å²) < 4.78 is 2.00. The molecule has 0 aliphatic carbocycles. The zero-order chi connectivity index (χ0) is 16.7. The number of aromatic carboxylic acids is 1. The van der Waals surface area contributed by atoms with Gasteiger partial charge in [-0.25, -0.2) is 4.79 Å². The third-order valence-corrected chi connectivity index (χ3v) is 5.27. The molecule has 0 saturated carbocycles. The Morgan fingerprint density at radius 1 is 0.708 bits per heavy atom. The number of carboxylic acid groups (broad SMARTS) is 1. The number of ketones is 1. The lowest BCUT2D eigenvalue weighted by Crippen LogP contribution is -2.09. The Balaban J connectivity index is 1.97. The van der Waals surface area contributed by atoms with Crippen LogP contribution in [-0.2, 0) is 0 Å². The minimum atomic E-state index is -1.09. The highest BCUT2D eigenvalue weighted by Crippen LogP contribution is 2.36. The predicted molar refractivity (Wildman–Crippen MR) is 96.2 cm³/mol. The van der Waals surface area contributed by atoms with E-state index in [1.165, 1.54) is 6.07 Å². The van der Waals surface area contributed by atoms with Gasteiger partial charge in [-0.3, -0.25) is 4.79 Å². The Labute approximate surface area is 141 Å². The molecule has 24 heavy (non-hydrogen) atoms. The average Bonchev–Trinajstić information content (AvgIpc) is 3.00. The van der Waals surface area contributed by atoms with Crippen LogP contribution in [0.4, 0.5) is 0 Å². The molecule has 0 aliphatic rings. The number of carbonyl (C=O) groups excluding carboxylic acids is 1. The number of carbonyl (C=O) groups is 2. The summed E-state index contributed by atoms with van der Waals surface area (Å²) in [7, 11) is 0. The van der Waals surface area contributed by atoms with Crippen LogP contribution in [0.15, 0.2) is 66.7 Å². The summed E-state index contributed by atoms with van der Waals surface area (Å²) in [4.78, 5) is 24.4. The molecule has 0 atom stereocenters. The first-order chi connectivity index (χ1) is 11.7. The standard InChI is InChI=1S/C20H12O3S/c21-18(13-7-1-2-8-15(13)20(22)23)16-10-5-9-14-12-6-3-4-11-17(12)24-19(14)16/h1-11H,(H,22,23). The van der Waals surface area contributed by atoms with E-state index < -0.39 is 5.97 Å². The highest BCUT2D eigenvalue weighted by atomic mass is 32.1. The largest absolute Gasteiger partial charge is 0.478 e. The molecule has 0 radical (unpaired) electrons. The van der Waals surface area contributed by atoms with Crippen molar-refractivity contribution >= 4 is 43.3 Å². The molecular formula is C20H12O3S. The summed E-state index contributed by atoms with van der Waals surface area (Å²) in [5.74, 6) is -1.35. The number of thiophene rings is 1. The monoisotopic (exact) mass is 332 g/mol. The molecule has 4 aromatic rings. The van der Waals surface area contributed by atoms with E-state index in [1.807, 2.05) is 36.4 Å². The molecule has 1 N–H and O–H groups in total. The minimum absolute atomic E-state index is 0.0283. The molecule has 4 heteroatoms. The zero-order valence-corrected chi connectivity index (χ0v) is 13.3. The lowest BCUT2D eigenvalue weighted by molar-refractivity contribution is 0.0693. The molecule has 0 saturated heterocycles. The normalized spacial score (nSPS) is 11.0. The summed E-state index contributed by atoms with van der Waals surface area (Å²) in [5, 5.41) is 11.5. The quantitative estimate of drug-likeness (QED) is 0.538. The Hall–Kier alpha value is -2.98. The molecule has 0 fully saturated rings. The number of rotatable bonds is 3. The van der Waals surface area contributed by atoms with E-state index in [-0.39, 0.29) is 16.9 Å². The molecule has 3 aromatic carbocycles. The van der Waals surface area contributed by atoms with Gasteiger partial charge in [0.15, 0.2) is 5.78 Å². The first-order valence-corrected chi connectivity index (χ1v) is 8.26. The highest BCUT2D eigenvalue weighted by Gasteiger charge is 2.20. The van der Waals surface area contributed by atoms with Crippen LogP contribution in [0.3, 0.4) is 0 Å². The smallest absolute Gasteiger partial charge is 0.336 e. The van der Waals surface area contributed by atoms with Crippen LogP contribution in [0.1, 0.15) is 26.3 Å². The van der Waals surface area contributed by atoms with Crippen molar-refractivity contribution in [2.45, 2.75) is 0 Å². The van der Waals surface area contributed by atoms with Gasteiger partial charge in [0, 0.05) is 31.3 Å². The van der Waals surface area contributed by atoms with Crippen LogP contribution in [0.25, 0.3) is 20.2 Å². The molecule has 1 heterocycles. The van der Waals surface area contributed by atoms with Gasteiger partial charge in [-0.1, -0.05) is 48.5 Å². The molecule has 0 amide bonds. The van der Waals surface area contributed by atoms with Crippen LogP contribution in [0.2, 0.25) is 0 Å². The van der Waals surface area contributed by atoms with E-state index in [9.17, 15) is 14.7 Å². The topological polar surface area (TPSA) is 54.4 Å². The van der Waals surface area contributed by atoms with Crippen LogP contribution in [0, 0.1) is 0 Å². The lowest BCUT2D eigenvalue weighted by atomic mass is 9.97. The first kappa shape index (κ1) is 14.6. The van der Waals surface area contributed by atoms with Crippen molar-refractivity contribution in [3.05, 3.63) is 83.4 Å². The fourth-order valence-corrected chi connectivity index (χ4v) is 4.15. The van der Waals surface area contributed by atoms with E-state index in [0.29, 0.717) is 5.56 Å². The minimum Gasteiger partial charge on any atom is -0.478 e. The van der Waals surface area contributed by atoms with Crippen LogP contribution in [-0.4, -0.2) is 16.9 Å². The summed E-state index contributed by atoms with van der Waals surface area (Å²) in [6.45, 7) is 0. The Morgan fingerprint density at radius 2 is 1.33 bits per heavy atom. The van der Waals surface area contributed by atoms with Crippen LogP contribution in [0.5, 0.6) is 0 Å². The number of benzene rings is 3. The summed E-state index contributed by atoms with van der Waals surface area (Å²) in [5.41, 5.74) is 0.790. The third-order valence-electron chi connectivity index (χ3n) is 4.05. The van der Waals surface area contributed by atoms with Crippen molar-refractivity contribution in [1.29, 1.82) is 0 Å². The fraction of sp³-hybridized carbons (Fsp3) is 0. The second-order valence-electron chi connectivity index (χ2n) is 5.46. The second-order valence-corrected chi connectivity index (χ2v) is 6.51. The Kier molecular flexibility index (Phi) is 3.40. The maximum atomic E-state index is 13.0. The molecule has 0 unspecified atom stereocenters. The molecule has 0 bridgehead atoms. The van der Waals surface area contributed by atoms with E-state index in [1.54, 1.807) is 35.6 Å². The van der Waals surface area contributed by atoms with E-state index >= 15 is 0 Å². The van der Waals surface area contributed by atoms with Crippen LogP contribution >= 0.6 is 11.3 Å². The van der Waals surface area contributed by atoms with Gasteiger partial charge in [0.25, 0.3) is 0 Å². The van der Waals surface area contributed by atoms with E-state index in [0.717, 1.165) is 20.2 Å². The van der Waals surface area contributed by atoms with Gasteiger partial charge in [0.2, 0.25) is 0 Å². The SMILES string of the molecule is O=C(O)c1ccccc1C(=O)c1cccc2c1sc1ccccc12. The first-order valence-electron chi connectivity index (χ1n) is 7.44. The van der Waals surface area contributed by atoms with E-state index in [4.69, 9.17) is 0 Å². The summed E-state index contributed by atoms with van der Waals surface area (Å²) >= 11 is 1.56. The molecular weight excluding hydrogens is 320 g/mol. The van der Waals surface area contributed by atoms with E-state index in [2.05, 4.69) is 0 Å². The Bertz CT molecular complexity index is 1110. The molecule has 4 rings (SSSR count). The molecule has 0 aliphatic heterocycles. The summed E-state index contributed by atoms with van der Waals surface area (Å²) in [6.07, 6.45) is 0. The van der Waals surface area contributed by atoms with Crippen molar-refractivity contribution in [3.8, 4) is 0 Å². The fourth-order valence-electron chi connectivity index (χ4n) is 2.94. The maximum absolute atomic E-state index is 13.0. The van der Waals surface area contributed by atoms with Crippen molar-refractivity contribution in [3.63, 3.8) is 0 Å². The Morgan fingerprint density at radius 3 is 2.12 bits per heavy atom. The van der Waals surface area contributed by atoms with Crippen molar-refractivity contribution < 1.29 is 14.7 Å². The zero-order valence-electron chi connectivity index (χ0n) is 12.5. The van der Waals surface area contributed by atoms with Gasteiger partial charge in [-0.2, -0.15) is 0 Å². The molecule has 116 valence electrons. The molecule has 3 nitrogen and oxygen atoms in total. The molecule has 0 spiro atoms. The van der Waals surface area contributed by atoms with Gasteiger partial charge in [-0.15, -0.1) is 11.3 Å². The second kappa shape index (κ2) is 5.58. The van der Waals surface area contributed by atoms with Crippen LogP contribution < -0.4 is 0 Å². The van der Waals surface area contributed by atoms with Gasteiger partial charge >= 0.3 is 5.97 Å². The molecule has 1 aromatic heterocycles. The van der Waals surface area contributed by atoms with Gasteiger partial charge in [0.05, 0.1) is 5.56 Å². The predicted octanol–water partition coefficient (Wildman–Crippen LogP) is 4.98. The van der Waals surface area contributed by atoms with Crippen molar-refractivity contribution in [1.82, 2.24) is 0 Å². The maximum Gasteiger partial charge on any atom is 0.336 e. The third kappa shape index (κ3) is 2.20. The lowest BCUT2D eigenvalue weighted by Gasteiger charge is -2.06. The summed E-state index contributed by atoms with van der Waals surface area (Å²) in [6, 6.07) is 19.9. The average molecular weight is 332 g/mol. The number of fused-ring (bicyclic) bond motifs is 3. The van der Waals surface area contributed by atoms with Gasteiger partial charge < -0.3 is 5.11 Å². The van der Waals surface area contributed by atoms with Crippen molar-refractivity contribution in [2.75, 3.05) is 0 Å². The number of hydrogen-bond acceptors (Lipinski definition) is 3. The van der Waals surface area contributed by atoms with Gasteiger partial charge in [-0.05, 0) is 18.2 Å². The number of carboxylic acids is 1.